The number of aromatic nitrogens is 1. The first-order valence-electron chi connectivity index (χ1n) is 7.47. The zero-order chi connectivity index (χ0) is 15.2. The zero-order valence-corrected chi connectivity index (χ0v) is 12.4. The lowest BCUT2D eigenvalue weighted by Gasteiger charge is -2.37. The Kier molecular flexibility index (Phi) is 5.38. The van der Waals surface area contributed by atoms with Crippen molar-refractivity contribution in [2.24, 2.45) is 0 Å². The number of ether oxygens (including phenoxy) is 1. The lowest BCUT2D eigenvalue weighted by atomic mass is 9.99. The highest BCUT2D eigenvalue weighted by molar-refractivity contribution is 5.95. The summed E-state index contributed by atoms with van der Waals surface area (Å²) in [4.78, 5) is 18.6. The van der Waals surface area contributed by atoms with Crippen molar-refractivity contribution in [3.05, 3.63) is 17.8 Å². The summed E-state index contributed by atoms with van der Waals surface area (Å²) in [7, 11) is 0. The normalized spacial score (nSPS) is 18.6. The predicted octanol–water partition coefficient (Wildman–Crippen LogP) is 1.58. The van der Waals surface area contributed by atoms with Crippen molar-refractivity contribution < 1.29 is 14.6 Å². The first kappa shape index (κ1) is 15.6. The van der Waals surface area contributed by atoms with Gasteiger partial charge in [0.2, 0.25) is 0 Å². The Morgan fingerprint density at radius 3 is 3.10 bits per heavy atom. The topological polar surface area (TPSA) is 88.7 Å². The number of carbonyl (C=O) groups excluding carboxylic acids is 1. The molecule has 2 heterocycles. The fourth-order valence-electron chi connectivity index (χ4n) is 2.79. The summed E-state index contributed by atoms with van der Waals surface area (Å²) < 4.78 is 5.10. The van der Waals surface area contributed by atoms with Gasteiger partial charge in [-0.2, -0.15) is 0 Å². The van der Waals surface area contributed by atoms with E-state index in [2.05, 4.69) is 9.88 Å². The van der Waals surface area contributed by atoms with Gasteiger partial charge >= 0.3 is 5.97 Å². The van der Waals surface area contributed by atoms with E-state index in [9.17, 15) is 9.90 Å². The summed E-state index contributed by atoms with van der Waals surface area (Å²) in [5.74, 6) is 0.210. The summed E-state index contributed by atoms with van der Waals surface area (Å²) in [6, 6.07) is 1.82. The number of piperidine rings is 1. The lowest BCUT2D eigenvalue weighted by molar-refractivity contribution is 0.0526. The van der Waals surface area contributed by atoms with Crippen LogP contribution in [0.3, 0.4) is 0 Å². The monoisotopic (exact) mass is 293 g/mol. The van der Waals surface area contributed by atoms with Crippen molar-refractivity contribution in [1.82, 2.24) is 4.98 Å². The van der Waals surface area contributed by atoms with Gasteiger partial charge in [0, 0.05) is 19.2 Å². The van der Waals surface area contributed by atoms with Crippen LogP contribution in [-0.4, -0.2) is 41.9 Å². The maximum atomic E-state index is 12.1. The van der Waals surface area contributed by atoms with Gasteiger partial charge in [-0.05, 0) is 38.7 Å². The fraction of sp³-hybridized carbons (Fsp3) is 0.600. The van der Waals surface area contributed by atoms with Gasteiger partial charge < -0.3 is 20.5 Å². The predicted molar refractivity (Wildman–Crippen MR) is 81.3 cm³/mol. The molecule has 0 aromatic carbocycles. The van der Waals surface area contributed by atoms with Crippen LogP contribution in [0.15, 0.2) is 12.3 Å². The van der Waals surface area contributed by atoms with Crippen LogP contribution in [0.4, 0.5) is 11.5 Å². The van der Waals surface area contributed by atoms with Crippen LogP contribution in [0.25, 0.3) is 0 Å². The molecule has 1 aromatic heterocycles. The molecule has 0 aliphatic carbocycles. The second kappa shape index (κ2) is 7.26. The van der Waals surface area contributed by atoms with E-state index in [0.29, 0.717) is 30.1 Å². The van der Waals surface area contributed by atoms with Gasteiger partial charge in [0.25, 0.3) is 0 Å². The summed E-state index contributed by atoms with van der Waals surface area (Å²) >= 11 is 0. The molecule has 1 aliphatic heterocycles. The second-order valence-corrected chi connectivity index (χ2v) is 5.22. The van der Waals surface area contributed by atoms with E-state index >= 15 is 0 Å². The number of aliphatic hydroxyl groups is 1. The molecule has 1 fully saturated rings. The van der Waals surface area contributed by atoms with Gasteiger partial charge in [-0.3, -0.25) is 0 Å². The van der Waals surface area contributed by atoms with Crippen molar-refractivity contribution in [1.29, 1.82) is 0 Å². The fourth-order valence-corrected chi connectivity index (χ4v) is 2.79. The van der Waals surface area contributed by atoms with Crippen LogP contribution in [-0.2, 0) is 4.74 Å². The molecule has 116 valence electrons. The largest absolute Gasteiger partial charge is 0.462 e. The highest BCUT2D eigenvalue weighted by atomic mass is 16.5. The maximum Gasteiger partial charge on any atom is 0.341 e. The SMILES string of the molecule is CCOC(=O)c1cc(N)cnc1N1CCCCC1CCO. The molecule has 1 aromatic rings. The number of hydrogen-bond acceptors (Lipinski definition) is 6. The minimum atomic E-state index is -0.402. The molecule has 1 saturated heterocycles. The Bertz CT molecular complexity index is 491. The van der Waals surface area contributed by atoms with Gasteiger partial charge in [0.15, 0.2) is 0 Å². The van der Waals surface area contributed by atoms with E-state index < -0.39 is 5.97 Å². The number of esters is 1. The number of pyridine rings is 1. The summed E-state index contributed by atoms with van der Waals surface area (Å²) in [5, 5.41) is 9.23. The molecule has 0 bridgehead atoms. The first-order valence-corrected chi connectivity index (χ1v) is 7.47. The standard InChI is InChI=1S/C15H23N3O3/c1-2-21-15(20)13-9-11(16)10-17-14(13)18-7-4-3-5-12(18)6-8-19/h9-10,12,19H,2-8,16H2,1H3. The molecule has 0 amide bonds. The van der Waals surface area contributed by atoms with Crippen LogP contribution in [0.1, 0.15) is 43.0 Å². The number of anilines is 2. The van der Waals surface area contributed by atoms with Crippen LogP contribution >= 0.6 is 0 Å². The Labute approximate surface area is 124 Å². The molecule has 0 radical (unpaired) electrons. The molecule has 21 heavy (non-hydrogen) atoms. The molecule has 1 atom stereocenters. The number of rotatable bonds is 5. The Morgan fingerprint density at radius 2 is 2.38 bits per heavy atom. The van der Waals surface area contributed by atoms with Gasteiger partial charge in [0.1, 0.15) is 11.4 Å². The van der Waals surface area contributed by atoms with E-state index in [4.69, 9.17) is 10.5 Å². The van der Waals surface area contributed by atoms with Crippen LogP contribution in [0.5, 0.6) is 0 Å². The Hall–Kier alpha value is -1.82. The van der Waals surface area contributed by atoms with Crippen LogP contribution < -0.4 is 10.6 Å². The summed E-state index contributed by atoms with van der Waals surface area (Å²) in [6.45, 7) is 3.04. The number of hydrogen-bond donors (Lipinski definition) is 2. The third kappa shape index (κ3) is 3.64. The van der Waals surface area contributed by atoms with Crippen molar-refractivity contribution in [2.75, 3.05) is 30.4 Å². The van der Waals surface area contributed by atoms with E-state index in [-0.39, 0.29) is 12.6 Å². The molecule has 3 N–H and O–H groups in total. The van der Waals surface area contributed by atoms with Crippen molar-refractivity contribution in [3.8, 4) is 0 Å². The smallest absolute Gasteiger partial charge is 0.341 e. The number of nitrogens with two attached hydrogens (primary N) is 1. The molecular formula is C15H23N3O3. The van der Waals surface area contributed by atoms with E-state index in [1.54, 1.807) is 19.2 Å². The second-order valence-electron chi connectivity index (χ2n) is 5.22. The van der Waals surface area contributed by atoms with Crippen LogP contribution in [0.2, 0.25) is 0 Å². The third-order valence-corrected chi connectivity index (χ3v) is 3.74. The quantitative estimate of drug-likeness (QED) is 0.801. The van der Waals surface area contributed by atoms with Gasteiger partial charge in [0.05, 0.1) is 18.5 Å². The number of nitrogens with zero attached hydrogens (tertiary/aromatic N) is 2. The first-order chi connectivity index (χ1) is 10.2. The Balaban J connectivity index is 2.34. The van der Waals surface area contributed by atoms with E-state index in [1.807, 2.05) is 0 Å². The molecule has 2 rings (SSSR count). The van der Waals surface area contributed by atoms with Crippen molar-refractivity contribution in [3.63, 3.8) is 0 Å². The average Bonchev–Trinajstić information content (AvgIpc) is 2.48. The minimum Gasteiger partial charge on any atom is -0.462 e. The lowest BCUT2D eigenvalue weighted by Crippen LogP contribution is -2.41. The average molecular weight is 293 g/mol. The molecule has 6 nitrogen and oxygen atoms in total. The molecular weight excluding hydrogens is 270 g/mol. The third-order valence-electron chi connectivity index (χ3n) is 3.74. The molecule has 1 aliphatic rings. The zero-order valence-electron chi connectivity index (χ0n) is 12.4. The highest BCUT2D eigenvalue weighted by Crippen LogP contribution is 2.29. The van der Waals surface area contributed by atoms with Gasteiger partial charge in [-0.15, -0.1) is 0 Å². The summed E-state index contributed by atoms with van der Waals surface area (Å²) in [6.07, 6.45) is 5.41. The van der Waals surface area contributed by atoms with Crippen LogP contribution in [0, 0.1) is 0 Å². The molecule has 1 unspecified atom stereocenters. The number of aliphatic hydroxyl groups excluding tert-OH is 1. The number of carbonyl (C=O) groups is 1. The van der Waals surface area contributed by atoms with Crippen molar-refractivity contribution in [2.45, 2.75) is 38.6 Å². The Morgan fingerprint density at radius 1 is 1.57 bits per heavy atom. The van der Waals surface area contributed by atoms with E-state index in [0.717, 1.165) is 25.8 Å². The minimum absolute atomic E-state index is 0.130. The molecule has 6 heteroatoms. The maximum absolute atomic E-state index is 12.1. The van der Waals surface area contributed by atoms with E-state index in [1.165, 1.54) is 0 Å². The number of nitrogen functional groups attached to an aromatic ring is 1. The molecule has 0 spiro atoms. The highest BCUT2D eigenvalue weighted by Gasteiger charge is 2.27. The van der Waals surface area contributed by atoms with Gasteiger partial charge in [-0.1, -0.05) is 0 Å². The summed E-state index contributed by atoms with van der Waals surface area (Å²) in [5.41, 5.74) is 6.60. The molecule has 0 saturated carbocycles. The van der Waals surface area contributed by atoms with Crippen molar-refractivity contribution >= 4 is 17.5 Å². The van der Waals surface area contributed by atoms with Gasteiger partial charge in [-0.25, -0.2) is 9.78 Å².